The molecule has 1 atom stereocenters. The molecule has 4 nitrogen and oxygen atoms in total. The van der Waals surface area contributed by atoms with Crippen LogP contribution in [0.5, 0.6) is 5.75 Å². The first-order chi connectivity index (χ1) is 7.80. The molecule has 0 saturated heterocycles. The molecule has 1 aromatic rings. The number of hydrogen-bond donors (Lipinski definition) is 2. The Hall–Kier alpha value is -1.62. The smallest absolute Gasteiger partial charge is 0.313 e. The van der Waals surface area contributed by atoms with Crippen molar-refractivity contribution in [2.24, 2.45) is 11.1 Å². The van der Waals surface area contributed by atoms with Gasteiger partial charge in [0, 0.05) is 6.04 Å². The summed E-state index contributed by atoms with van der Waals surface area (Å²) in [5.74, 6) is -1.69. The fourth-order valence-electron chi connectivity index (χ4n) is 1.52. The van der Waals surface area contributed by atoms with Crippen molar-refractivity contribution in [2.75, 3.05) is 7.11 Å². The van der Waals surface area contributed by atoms with Gasteiger partial charge in [0.2, 0.25) is 0 Å². The standard InChI is InChI=1S/C12H16FNO3/c1-12(2,11(16)17-3)10(14)7-4-5-9(15)8(13)6-7/h4-6,10,15H,14H2,1-3H3/t10-/m1/s1. The molecular weight excluding hydrogens is 225 g/mol. The Morgan fingerprint density at radius 1 is 1.53 bits per heavy atom. The molecule has 1 aromatic carbocycles. The number of halogens is 1. The van der Waals surface area contributed by atoms with Crippen LogP contribution in [-0.2, 0) is 9.53 Å². The summed E-state index contributed by atoms with van der Waals surface area (Å²) in [5.41, 5.74) is 5.37. The topological polar surface area (TPSA) is 72.5 Å². The first-order valence-electron chi connectivity index (χ1n) is 5.13. The highest BCUT2D eigenvalue weighted by Gasteiger charge is 2.36. The van der Waals surface area contributed by atoms with Gasteiger partial charge in [-0.15, -0.1) is 0 Å². The number of hydrogen-bond acceptors (Lipinski definition) is 4. The maximum absolute atomic E-state index is 13.2. The van der Waals surface area contributed by atoms with Crippen molar-refractivity contribution in [3.8, 4) is 5.75 Å². The summed E-state index contributed by atoms with van der Waals surface area (Å²) >= 11 is 0. The number of esters is 1. The molecule has 3 N–H and O–H groups in total. The van der Waals surface area contributed by atoms with Crippen LogP contribution in [-0.4, -0.2) is 18.2 Å². The lowest BCUT2D eigenvalue weighted by Gasteiger charge is -2.28. The van der Waals surface area contributed by atoms with E-state index in [9.17, 15) is 9.18 Å². The second-order valence-corrected chi connectivity index (χ2v) is 4.40. The predicted octanol–water partition coefficient (Wildman–Crippen LogP) is 1.73. The number of carbonyl (C=O) groups is 1. The number of phenolic OH excluding ortho intramolecular Hbond substituents is 1. The van der Waals surface area contributed by atoms with E-state index in [2.05, 4.69) is 4.74 Å². The Morgan fingerprint density at radius 2 is 2.12 bits per heavy atom. The fourth-order valence-corrected chi connectivity index (χ4v) is 1.52. The van der Waals surface area contributed by atoms with E-state index in [4.69, 9.17) is 10.8 Å². The number of rotatable bonds is 3. The molecule has 0 aliphatic heterocycles. The minimum atomic E-state index is -0.974. The summed E-state index contributed by atoms with van der Waals surface area (Å²) in [6.07, 6.45) is 0. The van der Waals surface area contributed by atoms with Crippen molar-refractivity contribution in [1.82, 2.24) is 0 Å². The summed E-state index contributed by atoms with van der Waals surface area (Å²) < 4.78 is 17.8. The Balaban J connectivity index is 3.07. The van der Waals surface area contributed by atoms with Crippen molar-refractivity contribution in [3.63, 3.8) is 0 Å². The molecule has 0 aromatic heterocycles. The van der Waals surface area contributed by atoms with Crippen molar-refractivity contribution < 1.29 is 19.0 Å². The maximum Gasteiger partial charge on any atom is 0.313 e. The fraction of sp³-hybridized carbons (Fsp3) is 0.417. The quantitative estimate of drug-likeness (QED) is 0.790. The van der Waals surface area contributed by atoms with Crippen LogP contribution in [0.15, 0.2) is 18.2 Å². The van der Waals surface area contributed by atoms with Gasteiger partial charge in [0.15, 0.2) is 11.6 Å². The van der Waals surface area contributed by atoms with Gasteiger partial charge in [0.05, 0.1) is 12.5 Å². The van der Waals surface area contributed by atoms with Gasteiger partial charge in [-0.3, -0.25) is 4.79 Å². The van der Waals surface area contributed by atoms with E-state index in [1.165, 1.54) is 19.2 Å². The maximum atomic E-state index is 13.2. The minimum absolute atomic E-state index is 0.427. The van der Waals surface area contributed by atoms with Gasteiger partial charge in [-0.2, -0.15) is 0 Å². The summed E-state index contributed by atoms with van der Waals surface area (Å²) in [4.78, 5) is 11.6. The molecule has 0 fully saturated rings. The van der Waals surface area contributed by atoms with Gasteiger partial charge in [-0.05, 0) is 31.5 Å². The summed E-state index contributed by atoms with van der Waals surface area (Å²) in [7, 11) is 1.27. The number of methoxy groups -OCH3 is 1. The summed E-state index contributed by atoms with van der Waals surface area (Å²) in [6, 6.07) is 3.08. The zero-order valence-electron chi connectivity index (χ0n) is 10.0. The molecule has 0 heterocycles. The van der Waals surface area contributed by atoms with Crippen LogP contribution < -0.4 is 5.73 Å². The van der Waals surface area contributed by atoms with E-state index in [1.54, 1.807) is 13.8 Å². The third kappa shape index (κ3) is 2.55. The molecule has 0 spiro atoms. The average molecular weight is 241 g/mol. The van der Waals surface area contributed by atoms with E-state index in [1.807, 2.05) is 0 Å². The number of phenols is 1. The molecule has 5 heteroatoms. The number of carbonyl (C=O) groups excluding carboxylic acids is 1. The zero-order valence-corrected chi connectivity index (χ0v) is 10.0. The van der Waals surface area contributed by atoms with Gasteiger partial charge in [0.1, 0.15) is 0 Å². The lowest BCUT2D eigenvalue weighted by atomic mass is 9.81. The van der Waals surface area contributed by atoms with E-state index in [0.717, 1.165) is 6.07 Å². The van der Waals surface area contributed by atoms with Crippen LogP contribution in [0, 0.1) is 11.2 Å². The number of aromatic hydroxyl groups is 1. The van der Waals surface area contributed by atoms with Gasteiger partial charge in [0.25, 0.3) is 0 Å². The first-order valence-corrected chi connectivity index (χ1v) is 5.13. The van der Waals surface area contributed by atoms with E-state index in [0.29, 0.717) is 5.56 Å². The molecule has 0 saturated carbocycles. The van der Waals surface area contributed by atoms with Gasteiger partial charge < -0.3 is 15.6 Å². The summed E-state index contributed by atoms with van der Waals surface area (Å²) in [5, 5.41) is 9.08. The highest BCUT2D eigenvalue weighted by atomic mass is 19.1. The van der Waals surface area contributed by atoms with Crippen LogP contribution in [0.1, 0.15) is 25.5 Å². The molecule has 0 aliphatic rings. The van der Waals surface area contributed by atoms with E-state index in [-0.39, 0.29) is 0 Å². The number of nitrogens with two attached hydrogens (primary N) is 1. The number of benzene rings is 1. The molecule has 17 heavy (non-hydrogen) atoms. The summed E-state index contributed by atoms with van der Waals surface area (Å²) in [6.45, 7) is 3.24. The molecule has 0 amide bonds. The molecular formula is C12H16FNO3. The van der Waals surface area contributed by atoms with Gasteiger partial charge in [-0.25, -0.2) is 4.39 Å². The lowest BCUT2D eigenvalue weighted by Crippen LogP contribution is -2.37. The highest BCUT2D eigenvalue weighted by molar-refractivity contribution is 5.77. The van der Waals surface area contributed by atoms with Crippen molar-refractivity contribution >= 4 is 5.97 Å². The van der Waals surface area contributed by atoms with Crippen molar-refractivity contribution in [3.05, 3.63) is 29.6 Å². The van der Waals surface area contributed by atoms with Gasteiger partial charge in [-0.1, -0.05) is 6.07 Å². The number of ether oxygens (including phenoxy) is 1. The van der Waals surface area contributed by atoms with Crippen LogP contribution >= 0.6 is 0 Å². The largest absolute Gasteiger partial charge is 0.505 e. The van der Waals surface area contributed by atoms with Crippen LogP contribution in [0.3, 0.4) is 0 Å². The Morgan fingerprint density at radius 3 is 2.59 bits per heavy atom. The Labute approximate surface area is 99.2 Å². The normalized spacial score (nSPS) is 13.2. The Kier molecular flexibility index (Phi) is 3.72. The van der Waals surface area contributed by atoms with Crippen molar-refractivity contribution in [1.29, 1.82) is 0 Å². The molecule has 1 rings (SSSR count). The lowest BCUT2D eigenvalue weighted by molar-refractivity contribution is -0.152. The van der Waals surface area contributed by atoms with Crippen LogP contribution in [0.25, 0.3) is 0 Å². The molecule has 0 aliphatic carbocycles. The molecule has 0 unspecified atom stereocenters. The molecule has 94 valence electrons. The first kappa shape index (κ1) is 13.4. The van der Waals surface area contributed by atoms with Crippen molar-refractivity contribution in [2.45, 2.75) is 19.9 Å². The zero-order chi connectivity index (χ0) is 13.2. The minimum Gasteiger partial charge on any atom is -0.505 e. The highest BCUT2D eigenvalue weighted by Crippen LogP contribution is 2.33. The second kappa shape index (κ2) is 4.71. The van der Waals surface area contributed by atoms with E-state index < -0.39 is 29.0 Å². The van der Waals surface area contributed by atoms with Crippen LogP contribution in [0.4, 0.5) is 4.39 Å². The van der Waals surface area contributed by atoms with E-state index >= 15 is 0 Å². The SMILES string of the molecule is COC(=O)C(C)(C)[C@H](N)c1ccc(O)c(F)c1. The van der Waals surface area contributed by atoms with Gasteiger partial charge >= 0.3 is 5.97 Å². The monoisotopic (exact) mass is 241 g/mol. The predicted molar refractivity (Wildman–Crippen MR) is 60.8 cm³/mol. The van der Waals surface area contributed by atoms with Crippen LogP contribution in [0.2, 0.25) is 0 Å². The average Bonchev–Trinajstić information content (AvgIpc) is 2.30. The Bertz CT molecular complexity index is 432. The second-order valence-electron chi connectivity index (χ2n) is 4.40. The molecule has 0 radical (unpaired) electrons. The third-order valence-electron chi connectivity index (χ3n) is 2.82. The third-order valence-corrected chi connectivity index (χ3v) is 2.82. The molecule has 0 bridgehead atoms.